The average Bonchev–Trinajstić information content (AvgIpc) is 2.69. The second-order valence-electron chi connectivity index (χ2n) is 6.62. The summed E-state index contributed by atoms with van der Waals surface area (Å²) in [6, 6.07) is 26.9. The molecule has 1 amide bonds. The Kier molecular flexibility index (Phi) is 5.85. The minimum Gasteiger partial charge on any atom is -0.349 e. The van der Waals surface area contributed by atoms with E-state index >= 15 is 0 Å². The van der Waals surface area contributed by atoms with Crippen molar-refractivity contribution >= 4 is 5.91 Å². The summed E-state index contributed by atoms with van der Waals surface area (Å²) >= 11 is 0. The molecule has 0 radical (unpaired) electrons. The highest BCUT2D eigenvalue weighted by atomic mass is 16.1. The lowest BCUT2D eigenvalue weighted by atomic mass is 10.0. The first-order chi connectivity index (χ1) is 12.7. The molecule has 0 saturated heterocycles. The van der Waals surface area contributed by atoms with Crippen LogP contribution in [0.4, 0.5) is 0 Å². The van der Waals surface area contributed by atoms with Crippen LogP contribution in [0.5, 0.6) is 0 Å². The molecule has 2 nitrogen and oxygen atoms in total. The smallest absolute Gasteiger partial charge is 0.224 e. The largest absolute Gasteiger partial charge is 0.349 e. The van der Waals surface area contributed by atoms with Gasteiger partial charge >= 0.3 is 0 Å². The molecule has 0 fully saturated rings. The molecule has 26 heavy (non-hydrogen) atoms. The maximum absolute atomic E-state index is 12.4. The Labute approximate surface area is 155 Å². The van der Waals surface area contributed by atoms with Crippen LogP contribution in [0.25, 0.3) is 11.1 Å². The van der Waals surface area contributed by atoms with E-state index in [4.69, 9.17) is 0 Å². The van der Waals surface area contributed by atoms with Gasteiger partial charge in [0.15, 0.2) is 0 Å². The van der Waals surface area contributed by atoms with Crippen molar-refractivity contribution in [1.29, 1.82) is 0 Å². The molecule has 3 aromatic carbocycles. The van der Waals surface area contributed by atoms with Gasteiger partial charge in [-0.15, -0.1) is 0 Å². The summed E-state index contributed by atoms with van der Waals surface area (Å²) in [5.41, 5.74) is 5.82. The molecule has 132 valence electrons. The summed E-state index contributed by atoms with van der Waals surface area (Å²) in [5.74, 6) is 0.0459. The second kappa shape index (κ2) is 8.48. The van der Waals surface area contributed by atoms with E-state index in [9.17, 15) is 4.79 Å². The Morgan fingerprint density at radius 1 is 0.808 bits per heavy atom. The number of carbonyl (C=O) groups excluding carboxylic acids is 1. The van der Waals surface area contributed by atoms with Gasteiger partial charge in [-0.1, -0.05) is 85.8 Å². The van der Waals surface area contributed by atoms with Crippen molar-refractivity contribution in [3.05, 3.63) is 95.6 Å². The number of benzene rings is 3. The highest BCUT2D eigenvalue weighted by Gasteiger charge is 2.10. The molecule has 1 N–H and O–H groups in total. The number of hydrogen-bond acceptors (Lipinski definition) is 1. The minimum absolute atomic E-state index is 0.0111. The van der Waals surface area contributed by atoms with Crippen LogP contribution in [0, 0.1) is 0 Å². The third kappa shape index (κ3) is 4.60. The van der Waals surface area contributed by atoms with E-state index in [2.05, 4.69) is 60.8 Å². The first-order valence-corrected chi connectivity index (χ1v) is 9.18. The molecule has 0 heterocycles. The highest BCUT2D eigenvalue weighted by molar-refractivity contribution is 5.79. The third-order valence-corrected chi connectivity index (χ3v) is 4.69. The number of nitrogens with one attached hydrogen (secondary N) is 1. The number of aryl methyl sites for hydroxylation is 1. The number of carbonyl (C=O) groups is 1. The van der Waals surface area contributed by atoms with Crippen LogP contribution in [0.3, 0.4) is 0 Å². The fourth-order valence-corrected chi connectivity index (χ4v) is 3.05. The fraction of sp³-hybridized carbons (Fsp3) is 0.208. The molecule has 2 heteroatoms. The summed E-state index contributed by atoms with van der Waals surface area (Å²) in [5, 5.41) is 3.09. The Hall–Kier alpha value is -2.87. The molecule has 0 aliphatic carbocycles. The maximum Gasteiger partial charge on any atom is 0.224 e. The van der Waals surface area contributed by atoms with Crippen LogP contribution in [-0.2, 0) is 17.6 Å². The predicted octanol–water partition coefficient (Wildman–Crippen LogP) is 5.34. The fourth-order valence-electron chi connectivity index (χ4n) is 3.05. The van der Waals surface area contributed by atoms with Crippen LogP contribution in [0.1, 0.15) is 36.6 Å². The van der Waals surface area contributed by atoms with E-state index in [-0.39, 0.29) is 11.9 Å². The second-order valence-corrected chi connectivity index (χ2v) is 6.62. The Morgan fingerprint density at radius 2 is 1.38 bits per heavy atom. The zero-order chi connectivity index (χ0) is 18.4. The number of amides is 1. The Morgan fingerprint density at radius 3 is 2.00 bits per heavy atom. The van der Waals surface area contributed by atoms with Crippen molar-refractivity contribution in [3.63, 3.8) is 0 Å². The first-order valence-electron chi connectivity index (χ1n) is 9.18. The molecule has 0 unspecified atom stereocenters. The SMILES string of the molecule is CCc1ccc([C@@H](C)NC(=O)Cc2ccc(-c3ccccc3)cc2)cc1. The maximum atomic E-state index is 12.4. The van der Waals surface area contributed by atoms with Crippen molar-refractivity contribution in [3.8, 4) is 11.1 Å². The first kappa shape index (κ1) is 17.9. The lowest BCUT2D eigenvalue weighted by Gasteiger charge is -2.15. The van der Waals surface area contributed by atoms with Crippen LogP contribution in [0.15, 0.2) is 78.9 Å². The molecule has 1 atom stereocenters. The predicted molar refractivity (Wildman–Crippen MR) is 108 cm³/mol. The van der Waals surface area contributed by atoms with Gasteiger partial charge in [-0.25, -0.2) is 0 Å². The molecule has 0 aromatic heterocycles. The van der Waals surface area contributed by atoms with Gasteiger partial charge in [0.05, 0.1) is 12.5 Å². The topological polar surface area (TPSA) is 29.1 Å². The zero-order valence-electron chi connectivity index (χ0n) is 15.4. The van der Waals surface area contributed by atoms with Gasteiger partial charge in [0, 0.05) is 0 Å². The van der Waals surface area contributed by atoms with Crippen molar-refractivity contribution in [2.45, 2.75) is 32.7 Å². The monoisotopic (exact) mass is 343 g/mol. The van der Waals surface area contributed by atoms with Gasteiger partial charge in [-0.05, 0) is 41.2 Å². The van der Waals surface area contributed by atoms with E-state index in [1.807, 2.05) is 37.3 Å². The molecule has 3 rings (SSSR count). The summed E-state index contributed by atoms with van der Waals surface area (Å²) in [4.78, 5) is 12.4. The Balaban J connectivity index is 1.59. The standard InChI is InChI=1S/C24H25NO/c1-3-19-9-13-21(14-10-19)18(2)25-24(26)17-20-11-15-23(16-12-20)22-7-5-4-6-8-22/h4-16,18H,3,17H2,1-2H3,(H,25,26)/t18-/m1/s1. The molecule has 0 aliphatic heterocycles. The van der Waals surface area contributed by atoms with Crippen molar-refractivity contribution in [2.75, 3.05) is 0 Å². The third-order valence-electron chi connectivity index (χ3n) is 4.69. The van der Waals surface area contributed by atoms with E-state index in [0.29, 0.717) is 6.42 Å². The van der Waals surface area contributed by atoms with Crippen LogP contribution in [-0.4, -0.2) is 5.91 Å². The van der Waals surface area contributed by atoms with Gasteiger partial charge in [0.2, 0.25) is 5.91 Å². The molecule has 0 saturated carbocycles. The lowest BCUT2D eigenvalue weighted by Crippen LogP contribution is -2.28. The van der Waals surface area contributed by atoms with E-state index < -0.39 is 0 Å². The molecular weight excluding hydrogens is 318 g/mol. The van der Waals surface area contributed by atoms with Gasteiger partial charge in [-0.3, -0.25) is 4.79 Å². The normalized spacial score (nSPS) is 11.8. The Bertz CT molecular complexity index is 836. The van der Waals surface area contributed by atoms with E-state index in [1.165, 1.54) is 16.7 Å². The zero-order valence-corrected chi connectivity index (χ0v) is 15.4. The number of hydrogen-bond donors (Lipinski definition) is 1. The van der Waals surface area contributed by atoms with Crippen LogP contribution >= 0.6 is 0 Å². The van der Waals surface area contributed by atoms with Gasteiger partial charge in [0.25, 0.3) is 0 Å². The quantitative estimate of drug-likeness (QED) is 0.643. The lowest BCUT2D eigenvalue weighted by molar-refractivity contribution is -0.121. The summed E-state index contributed by atoms with van der Waals surface area (Å²) in [7, 11) is 0. The van der Waals surface area contributed by atoms with Gasteiger partial charge in [0.1, 0.15) is 0 Å². The molecular formula is C24H25NO. The van der Waals surface area contributed by atoms with Crippen molar-refractivity contribution < 1.29 is 4.79 Å². The summed E-state index contributed by atoms with van der Waals surface area (Å²) < 4.78 is 0. The average molecular weight is 343 g/mol. The van der Waals surface area contributed by atoms with E-state index in [0.717, 1.165) is 17.5 Å². The molecule has 0 spiro atoms. The van der Waals surface area contributed by atoms with Gasteiger partial charge < -0.3 is 5.32 Å². The molecule has 0 aliphatic rings. The summed E-state index contributed by atoms with van der Waals surface area (Å²) in [6.07, 6.45) is 1.42. The number of rotatable bonds is 6. The molecule has 3 aromatic rings. The summed E-state index contributed by atoms with van der Waals surface area (Å²) in [6.45, 7) is 4.17. The van der Waals surface area contributed by atoms with Crippen molar-refractivity contribution in [2.24, 2.45) is 0 Å². The van der Waals surface area contributed by atoms with Gasteiger partial charge in [-0.2, -0.15) is 0 Å². The minimum atomic E-state index is 0.0111. The highest BCUT2D eigenvalue weighted by Crippen LogP contribution is 2.19. The van der Waals surface area contributed by atoms with E-state index in [1.54, 1.807) is 0 Å². The van der Waals surface area contributed by atoms with Crippen LogP contribution in [0.2, 0.25) is 0 Å². The van der Waals surface area contributed by atoms with Crippen LogP contribution < -0.4 is 5.32 Å². The molecule has 0 bridgehead atoms. The van der Waals surface area contributed by atoms with Crippen molar-refractivity contribution in [1.82, 2.24) is 5.32 Å².